The molecule has 0 unspecified atom stereocenters. The number of carboxylic acids is 1. The second-order valence-electron chi connectivity index (χ2n) is 9.77. The number of hydrogen-bond acceptors (Lipinski definition) is 5. The molecule has 0 aliphatic heterocycles. The van der Waals surface area contributed by atoms with Crippen LogP contribution in [-0.4, -0.2) is 45.3 Å². The number of carboxylic acid groups (broad SMARTS) is 1. The molecule has 0 saturated carbocycles. The van der Waals surface area contributed by atoms with E-state index in [-0.39, 0.29) is 17.7 Å². The van der Waals surface area contributed by atoms with Crippen LogP contribution in [0.2, 0.25) is 25.7 Å². The number of nitrogens with zero attached hydrogens (tertiary/aromatic N) is 4. The molecule has 0 fully saturated rings. The third-order valence-electron chi connectivity index (χ3n) is 4.91. The maximum atomic E-state index is 11.8. The van der Waals surface area contributed by atoms with Gasteiger partial charge in [0, 0.05) is 27.1 Å². The number of aromatic carboxylic acids is 1. The summed E-state index contributed by atoms with van der Waals surface area (Å²) in [6, 6.07) is 5.00. The highest BCUT2D eigenvalue weighted by atomic mass is 28.3. The van der Waals surface area contributed by atoms with Crippen molar-refractivity contribution in [3.05, 3.63) is 41.9 Å². The Labute approximate surface area is 178 Å². The minimum Gasteiger partial charge on any atom is -0.478 e. The second kappa shape index (κ2) is 8.27. The lowest BCUT2D eigenvalue weighted by Gasteiger charge is -2.19. The highest BCUT2D eigenvalue weighted by Gasteiger charge is 2.20. The normalized spacial score (nSPS) is 12.5. The van der Waals surface area contributed by atoms with Gasteiger partial charge >= 0.3 is 5.97 Å². The summed E-state index contributed by atoms with van der Waals surface area (Å²) in [5.74, 6) is -1.04. The van der Waals surface area contributed by atoms with Crippen LogP contribution in [-0.2, 0) is 16.9 Å². The molecule has 0 radical (unpaired) electrons. The molecule has 0 aliphatic carbocycles. The number of hydrogen-bond donors (Lipinski definition) is 1. The Morgan fingerprint density at radius 2 is 1.93 bits per heavy atom. The molecule has 3 heterocycles. The standard InChI is InChI=1S/C22H30N4O3Si/c1-22(2,3)15-7-8-23-17(11-15)18-12-24-20-19(25-18)16(21(27)28)13-26(20)14-29-9-10-30(4,5)6/h7-8,11-13H,9-10,14H2,1-6H3,(H,27,28). The van der Waals surface area contributed by atoms with E-state index in [0.717, 1.165) is 11.6 Å². The van der Waals surface area contributed by atoms with Crippen LogP contribution in [0.1, 0.15) is 36.7 Å². The van der Waals surface area contributed by atoms with Crippen LogP contribution in [0, 0.1) is 0 Å². The molecule has 0 spiro atoms. The first kappa shape index (κ1) is 22.1. The summed E-state index contributed by atoms with van der Waals surface area (Å²) in [5.41, 5.74) is 3.27. The summed E-state index contributed by atoms with van der Waals surface area (Å²) in [4.78, 5) is 25.3. The number of aromatic nitrogens is 4. The molecule has 0 aliphatic rings. The van der Waals surface area contributed by atoms with Crippen molar-refractivity contribution in [2.45, 2.75) is 58.6 Å². The van der Waals surface area contributed by atoms with Gasteiger partial charge in [-0.05, 0) is 29.2 Å². The van der Waals surface area contributed by atoms with Crippen LogP contribution in [0.5, 0.6) is 0 Å². The van der Waals surface area contributed by atoms with E-state index in [2.05, 4.69) is 55.4 Å². The Morgan fingerprint density at radius 1 is 1.20 bits per heavy atom. The fraction of sp³-hybridized carbons (Fsp3) is 0.455. The lowest BCUT2D eigenvalue weighted by atomic mass is 9.87. The third-order valence-corrected chi connectivity index (χ3v) is 6.61. The fourth-order valence-electron chi connectivity index (χ4n) is 3.01. The second-order valence-corrected chi connectivity index (χ2v) is 15.4. The zero-order valence-electron chi connectivity index (χ0n) is 18.6. The maximum absolute atomic E-state index is 11.8. The number of rotatable bonds is 7. The molecule has 0 saturated heterocycles. The van der Waals surface area contributed by atoms with Crippen LogP contribution in [0.3, 0.4) is 0 Å². The van der Waals surface area contributed by atoms with Crippen molar-refractivity contribution in [2.24, 2.45) is 0 Å². The summed E-state index contributed by atoms with van der Waals surface area (Å²) in [6.45, 7) is 14.2. The van der Waals surface area contributed by atoms with Crippen molar-refractivity contribution in [3.8, 4) is 11.4 Å². The molecule has 8 heteroatoms. The van der Waals surface area contributed by atoms with E-state index in [9.17, 15) is 9.90 Å². The minimum absolute atomic E-state index is 0.0297. The molecule has 1 N–H and O–H groups in total. The average Bonchev–Trinajstić information content (AvgIpc) is 3.02. The highest BCUT2D eigenvalue weighted by molar-refractivity contribution is 6.76. The zero-order chi connectivity index (χ0) is 22.1. The lowest BCUT2D eigenvalue weighted by molar-refractivity contribution is 0.0696. The quantitative estimate of drug-likeness (QED) is 0.431. The van der Waals surface area contributed by atoms with Crippen molar-refractivity contribution in [1.29, 1.82) is 0 Å². The molecule has 0 bridgehead atoms. The predicted molar refractivity (Wildman–Crippen MR) is 121 cm³/mol. The van der Waals surface area contributed by atoms with Gasteiger partial charge in [0.2, 0.25) is 0 Å². The summed E-state index contributed by atoms with van der Waals surface area (Å²) >= 11 is 0. The van der Waals surface area contributed by atoms with Crippen molar-refractivity contribution in [2.75, 3.05) is 6.61 Å². The number of fused-ring (bicyclic) bond motifs is 1. The number of ether oxygens (including phenoxy) is 1. The Hall–Kier alpha value is -2.58. The first-order valence-electron chi connectivity index (χ1n) is 10.1. The van der Waals surface area contributed by atoms with E-state index in [4.69, 9.17) is 4.74 Å². The average molecular weight is 427 g/mol. The van der Waals surface area contributed by atoms with Gasteiger partial charge in [0.05, 0.1) is 11.9 Å². The van der Waals surface area contributed by atoms with Crippen molar-refractivity contribution >= 4 is 25.2 Å². The van der Waals surface area contributed by atoms with Gasteiger partial charge in [-0.25, -0.2) is 14.8 Å². The van der Waals surface area contributed by atoms with Gasteiger partial charge in [-0.1, -0.05) is 40.4 Å². The molecule has 30 heavy (non-hydrogen) atoms. The molecule has 3 aromatic rings. The van der Waals surface area contributed by atoms with Crippen LogP contribution < -0.4 is 0 Å². The predicted octanol–water partition coefficient (Wildman–Crippen LogP) is 4.80. The van der Waals surface area contributed by atoms with Gasteiger partial charge in [0.25, 0.3) is 0 Å². The number of carbonyl (C=O) groups is 1. The summed E-state index contributed by atoms with van der Waals surface area (Å²) in [5, 5.41) is 9.65. The molecule has 0 atom stereocenters. The van der Waals surface area contributed by atoms with Crippen molar-refractivity contribution in [1.82, 2.24) is 19.5 Å². The van der Waals surface area contributed by atoms with Crippen LogP contribution in [0.4, 0.5) is 0 Å². The monoisotopic (exact) mass is 426 g/mol. The van der Waals surface area contributed by atoms with Gasteiger partial charge < -0.3 is 14.4 Å². The van der Waals surface area contributed by atoms with Crippen molar-refractivity contribution in [3.63, 3.8) is 0 Å². The van der Waals surface area contributed by atoms with Gasteiger partial charge in [-0.15, -0.1) is 0 Å². The lowest BCUT2D eigenvalue weighted by Crippen LogP contribution is -2.22. The number of pyridine rings is 1. The summed E-state index contributed by atoms with van der Waals surface area (Å²) < 4.78 is 7.50. The van der Waals surface area contributed by atoms with Crippen LogP contribution in [0.15, 0.2) is 30.7 Å². The first-order chi connectivity index (χ1) is 14.0. The smallest absolute Gasteiger partial charge is 0.339 e. The topological polar surface area (TPSA) is 90.1 Å². The van der Waals surface area contributed by atoms with E-state index in [0.29, 0.717) is 29.2 Å². The molecule has 3 aromatic heterocycles. The Balaban J connectivity index is 1.94. The van der Waals surface area contributed by atoms with Crippen LogP contribution >= 0.6 is 0 Å². The van der Waals surface area contributed by atoms with Crippen LogP contribution in [0.25, 0.3) is 22.6 Å². The summed E-state index contributed by atoms with van der Waals surface area (Å²) in [6.07, 6.45) is 4.93. The third kappa shape index (κ3) is 5.12. The molecular formula is C22H30N4O3Si. The molecule has 7 nitrogen and oxygen atoms in total. The highest BCUT2D eigenvalue weighted by Crippen LogP contribution is 2.27. The molecular weight excluding hydrogens is 396 g/mol. The van der Waals surface area contributed by atoms with E-state index in [1.54, 1.807) is 23.2 Å². The molecule has 3 rings (SSSR count). The SMILES string of the molecule is CC(C)(C)c1ccnc(-c2cnc3c(n2)c(C(=O)O)cn3COCC[Si](C)(C)C)c1. The van der Waals surface area contributed by atoms with E-state index < -0.39 is 14.0 Å². The Bertz CT molecular complexity index is 1060. The zero-order valence-corrected chi connectivity index (χ0v) is 19.6. The Morgan fingerprint density at radius 3 is 2.57 bits per heavy atom. The first-order valence-corrected chi connectivity index (χ1v) is 13.8. The van der Waals surface area contributed by atoms with Gasteiger partial charge in [-0.3, -0.25) is 4.98 Å². The van der Waals surface area contributed by atoms with E-state index in [1.807, 2.05) is 12.1 Å². The summed E-state index contributed by atoms with van der Waals surface area (Å²) in [7, 11) is -1.19. The molecule has 0 aromatic carbocycles. The van der Waals surface area contributed by atoms with Gasteiger partial charge in [0.15, 0.2) is 5.65 Å². The molecule has 160 valence electrons. The van der Waals surface area contributed by atoms with Gasteiger partial charge in [0.1, 0.15) is 23.5 Å². The van der Waals surface area contributed by atoms with E-state index >= 15 is 0 Å². The largest absolute Gasteiger partial charge is 0.478 e. The minimum atomic E-state index is -1.19. The maximum Gasteiger partial charge on any atom is 0.339 e. The Kier molecular flexibility index (Phi) is 6.10. The van der Waals surface area contributed by atoms with Gasteiger partial charge in [-0.2, -0.15) is 0 Å². The molecule has 0 amide bonds. The van der Waals surface area contributed by atoms with E-state index in [1.165, 1.54) is 0 Å². The van der Waals surface area contributed by atoms with Crippen molar-refractivity contribution < 1.29 is 14.6 Å². The fourth-order valence-corrected chi connectivity index (χ4v) is 3.77.